The van der Waals surface area contributed by atoms with Crippen LogP contribution in [-0.4, -0.2) is 23.8 Å². The third-order valence-electron chi connectivity index (χ3n) is 3.65. The van der Waals surface area contributed by atoms with Gasteiger partial charge in [-0.05, 0) is 36.8 Å². The predicted octanol–water partition coefficient (Wildman–Crippen LogP) is 2.25. The van der Waals surface area contributed by atoms with Crippen molar-refractivity contribution in [2.24, 2.45) is 11.8 Å². The van der Waals surface area contributed by atoms with E-state index in [9.17, 15) is 4.79 Å². The van der Waals surface area contributed by atoms with Crippen LogP contribution in [0, 0.1) is 11.8 Å². The van der Waals surface area contributed by atoms with Gasteiger partial charge < -0.3 is 9.84 Å². The van der Waals surface area contributed by atoms with Gasteiger partial charge >= 0.3 is 5.97 Å². The van der Waals surface area contributed by atoms with Crippen LogP contribution in [0.2, 0.25) is 0 Å². The average Bonchev–Trinajstić information content (AvgIpc) is 2.71. The van der Waals surface area contributed by atoms with Crippen LogP contribution >= 0.6 is 0 Å². The first-order valence-corrected chi connectivity index (χ1v) is 6.09. The topological polar surface area (TPSA) is 46.5 Å². The van der Waals surface area contributed by atoms with E-state index in [-0.39, 0.29) is 30.5 Å². The van der Waals surface area contributed by atoms with Gasteiger partial charge in [0.15, 0.2) is 0 Å². The van der Waals surface area contributed by atoms with Gasteiger partial charge in [-0.15, -0.1) is 0 Å². The van der Waals surface area contributed by atoms with Crippen molar-refractivity contribution >= 4 is 5.97 Å². The number of esters is 1. The number of aliphatic hydroxyl groups excluding tert-OH is 1. The number of carbonyl (C=O) groups excluding carboxylic acids is 1. The molecule has 1 saturated carbocycles. The Labute approximate surface area is 101 Å². The van der Waals surface area contributed by atoms with Crippen LogP contribution in [0.1, 0.15) is 30.1 Å². The van der Waals surface area contributed by atoms with E-state index in [1.54, 1.807) is 12.1 Å². The van der Waals surface area contributed by atoms with E-state index in [0.717, 1.165) is 12.8 Å². The summed E-state index contributed by atoms with van der Waals surface area (Å²) in [6.45, 7) is 2.22. The number of carbonyl (C=O) groups is 1. The molecule has 0 radical (unpaired) electrons. The summed E-state index contributed by atoms with van der Waals surface area (Å²) in [5.74, 6) is 0.247. The highest BCUT2D eigenvalue weighted by atomic mass is 16.5. The number of rotatable bonds is 3. The molecule has 1 aromatic rings. The Hall–Kier alpha value is -1.35. The van der Waals surface area contributed by atoms with Crippen molar-refractivity contribution in [3.63, 3.8) is 0 Å². The van der Waals surface area contributed by atoms with Crippen LogP contribution in [0.15, 0.2) is 30.3 Å². The Morgan fingerprint density at radius 1 is 1.35 bits per heavy atom. The fraction of sp³-hybridized carbons (Fsp3) is 0.500. The van der Waals surface area contributed by atoms with Gasteiger partial charge in [0.1, 0.15) is 6.10 Å². The summed E-state index contributed by atoms with van der Waals surface area (Å²) in [5, 5.41) is 9.16. The molecule has 0 saturated heterocycles. The van der Waals surface area contributed by atoms with Crippen molar-refractivity contribution in [1.82, 2.24) is 0 Å². The molecule has 1 aliphatic rings. The normalized spacial score (nSPS) is 28.0. The van der Waals surface area contributed by atoms with Crippen LogP contribution in [0.4, 0.5) is 0 Å². The Morgan fingerprint density at radius 2 is 2.06 bits per heavy atom. The minimum absolute atomic E-state index is 0.0557. The highest BCUT2D eigenvalue weighted by Crippen LogP contribution is 2.33. The lowest BCUT2D eigenvalue weighted by atomic mass is 9.98. The second-order valence-electron chi connectivity index (χ2n) is 4.69. The highest BCUT2D eigenvalue weighted by molar-refractivity contribution is 5.89. The SMILES string of the molecule is C[C@@H]1[C@@H](CO)CC[C@@H]1OC(=O)c1ccccc1. The Morgan fingerprint density at radius 3 is 2.65 bits per heavy atom. The van der Waals surface area contributed by atoms with Crippen molar-refractivity contribution in [1.29, 1.82) is 0 Å². The van der Waals surface area contributed by atoms with Crippen molar-refractivity contribution < 1.29 is 14.6 Å². The van der Waals surface area contributed by atoms with Crippen LogP contribution < -0.4 is 0 Å². The van der Waals surface area contributed by atoms with Gasteiger partial charge in [-0.25, -0.2) is 4.79 Å². The fourth-order valence-electron chi connectivity index (χ4n) is 2.41. The molecule has 3 nitrogen and oxygen atoms in total. The molecule has 1 aromatic carbocycles. The summed E-state index contributed by atoms with van der Waals surface area (Å²) in [5.41, 5.74) is 0.590. The maximum absolute atomic E-state index is 11.9. The zero-order valence-electron chi connectivity index (χ0n) is 10.0. The summed E-state index contributed by atoms with van der Waals surface area (Å²) in [6.07, 6.45) is 1.73. The van der Waals surface area contributed by atoms with E-state index >= 15 is 0 Å². The highest BCUT2D eigenvalue weighted by Gasteiger charge is 2.34. The van der Waals surface area contributed by atoms with E-state index in [0.29, 0.717) is 5.56 Å². The van der Waals surface area contributed by atoms with Gasteiger partial charge in [-0.2, -0.15) is 0 Å². The van der Waals surface area contributed by atoms with Gasteiger partial charge in [0, 0.05) is 6.61 Å². The van der Waals surface area contributed by atoms with Crippen LogP contribution in [0.3, 0.4) is 0 Å². The number of ether oxygens (including phenoxy) is 1. The lowest BCUT2D eigenvalue weighted by Crippen LogP contribution is -2.24. The third kappa shape index (κ3) is 2.67. The second kappa shape index (κ2) is 5.32. The van der Waals surface area contributed by atoms with Gasteiger partial charge in [0.2, 0.25) is 0 Å². The van der Waals surface area contributed by atoms with Gasteiger partial charge in [-0.3, -0.25) is 0 Å². The van der Waals surface area contributed by atoms with Crippen molar-refractivity contribution in [2.75, 3.05) is 6.61 Å². The number of hydrogen-bond acceptors (Lipinski definition) is 3. The van der Waals surface area contributed by atoms with E-state index in [1.165, 1.54) is 0 Å². The Kier molecular flexibility index (Phi) is 3.79. The summed E-state index contributed by atoms with van der Waals surface area (Å²) in [6, 6.07) is 9.03. The first-order valence-electron chi connectivity index (χ1n) is 6.09. The summed E-state index contributed by atoms with van der Waals surface area (Å²) in [7, 11) is 0. The summed E-state index contributed by atoms with van der Waals surface area (Å²) in [4.78, 5) is 11.9. The summed E-state index contributed by atoms with van der Waals surface area (Å²) < 4.78 is 5.49. The third-order valence-corrected chi connectivity index (χ3v) is 3.65. The molecule has 3 atom stereocenters. The van der Waals surface area contributed by atoms with Crippen molar-refractivity contribution in [2.45, 2.75) is 25.9 Å². The average molecular weight is 234 g/mol. The molecule has 17 heavy (non-hydrogen) atoms. The second-order valence-corrected chi connectivity index (χ2v) is 4.69. The molecule has 1 aliphatic carbocycles. The minimum Gasteiger partial charge on any atom is -0.458 e. The monoisotopic (exact) mass is 234 g/mol. The zero-order chi connectivity index (χ0) is 12.3. The molecule has 0 amide bonds. The maximum atomic E-state index is 11.9. The van der Waals surface area contributed by atoms with Crippen molar-refractivity contribution in [3.8, 4) is 0 Å². The molecule has 0 unspecified atom stereocenters. The molecule has 0 aromatic heterocycles. The molecule has 1 N–H and O–H groups in total. The molecular weight excluding hydrogens is 216 g/mol. The summed E-state index contributed by atoms with van der Waals surface area (Å²) >= 11 is 0. The van der Waals surface area contributed by atoms with E-state index in [2.05, 4.69) is 0 Å². The van der Waals surface area contributed by atoms with E-state index in [4.69, 9.17) is 9.84 Å². The smallest absolute Gasteiger partial charge is 0.338 e. The molecule has 0 aliphatic heterocycles. The number of benzene rings is 1. The van der Waals surface area contributed by atoms with Gasteiger partial charge in [0.25, 0.3) is 0 Å². The Balaban J connectivity index is 1.96. The lowest BCUT2D eigenvalue weighted by Gasteiger charge is -2.19. The predicted molar refractivity (Wildman–Crippen MR) is 64.6 cm³/mol. The Bertz CT molecular complexity index is 374. The molecule has 2 rings (SSSR count). The molecule has 0 heterocycles. The standard InChI is InChI=1S/C14H18O3/c1-10-12(9-15)7-8-13(10)17-14(16)11-5-3-2-4-6-11/h2-6,10,12-13,15H,7-9H2,1H3/t10-,12-,13+/m1/s1. The van der Waals surface area contributed by atoms with Gasteiger partial charge in [-0.1, -0.05) is 25.1 Å². The first-order chi connectivity index (χ1) is 8.22. The van der Waals surface area contributed by atoms with E-state index in [1.807, 2.05) is 25.1 Å². The fourth-order valence-corrected chi connectivity index (χ4v) is 2.41. The molecule has 92 valence electrons. The van der Waals surface area contributed by atoms with E-state index < -0.39 is 0 Å². The van der Waals surface area contributed by atoms with Crippen LogP contribution in [0.5, 0.6) is 0 Å². The van der Waals surface area contributed by atoms with Crippen LogP contribution in [0.25, 0.3) is 0 Å². The molecular formula is C14H18O3. The number of aliphatic hydroxyl groups is 1. The molecule has 1 fully saturated rings. The molecule has 0 spiro atoms. The lowest BCUT2D eigenvalue weighted by molar-refractivity contribution is 0.0177. The molecule has 3 heteroatoms. The largest absolute Gasteiger partial charge is 0.458 e. The molecule has 0 bridgehead atoms. The zero-order valence-corrected chi connectivity index (χ0v) is 10.0. The minimum atomic E-state index is -0.263. The first kappa shape index (κ1) is 12.1. The number of hydrogen-bond donors (Lipinski definition) is 1. The quantitative estimate of drug-likeness (QED) is 0.816. The maximum Gasteiger partial charge on any atom is 0.338 e. The van der Waals surface area contributed by atoms with Crippen molar-refractivity contribution in [3.05, 3.63) is 35.9 Å². The van der Waals surface area contributed by atoms with Crippen LogP contribution in [-0.2, 0) is 4.74 Å². The van der Waals surface area contributed by atoms with Gasteiger partial charge in [0.05, 0.1) is 5.56 Å².